The van der Waals surface area contributed by atoms with Crippen LogP contribution in [0.25, 0.3) is 0 Å². The van der Waals surface area contributed by atoms with E-state index in [0.29, 0.717) is 5.56 Å². The van der Waals surface area contributed by atoms with Crippen molar-refractivity contribution >= 4 is 34.9 Å². The molecule has 1 aliphatic carbocycles. The molecule has 4 nitrogen and oxygen atoms in total. The molecular weight excluding hydrogens is 325 g/mol. The van der Waals surface area contributed by atoms with Crippen LogP contribution >= 0.6 is 23.2 Å². The Kier molecular flexibility index (Phi) is 4.95. The summed E-state index contributed by atoms with van der Waals surface area (Å²) in [5, 5.41) is 12.3. The lowest BCUT2D eigenvalue weighted by molar-refractivity contribution is -0.125. The molecule has 0 bridgehead atoms. The van der Waals surface area contributed by atoms with Crippen molar-refractivity contribution in [3.8, 4) is 0 Å². The van der Waals surface area contributed by atoms with E-state index >= 15 is 0 Å². The number of allylic oxidation sites excluding steroid dienone is 1. The molecule has 0 unspecified atom stereocenters. The van der Waals surface area contributed by atoms with Gasteiger partial charge in [0.25, 0.3) is 0 Å². The van der Waals surface area contributed by atoms with E-state index in [1.807, 2.05) is 13.8 Å². The second kappa shape index (κ2) is 6.41. The monoisotopic (exact) mass is 341 g/mol. The zero-order chi connectivity index (χ0) is 16.5. The Morgan fingerprint density at radius 2 is 1.86 bits per heavy atom. The Balaban J connectivity index is 2.01. The minimum atomic E-state index is -1.57. The first-order valence-corrected chi connectivity index (χ1v) is 7.61. The van der Waals surface area contributed by atoms with Gasteiger partial charge in [-0.3, -0.25) is 9.59 Å². The third-order valence-corrected chi connectivity index (χ3v) is 4.34. The lowest BCUT2D eigenvalue weighted by Gasteiger charge is -2.12. The highest BCUT2D eigenvalue weighted by molar-refractivity contribution is 6.55. The van der Waals surface area contributed by atoms with Crippen LogP contribution in [0.5, 0.6) is 0 Å². The first-order valence-electron chi connectivity index (χ1n) is 6.85. The van der Waals surface area contributed by atoms with E-state index in [1.54, 1.807) is 36.4 Å². The fraction of sp³-hybridized carbons (Fsp3) is 0.375. The minimum absolute atomic E-state index is 0.106. The van der Waals surface area contributed by atoms with Gasteiger partial charge in [-0.05, 0) is 17.4 Å². The summed E-state index contributed by atoms with van der Waals surface area (Å²) in [5.74, 6) is -1.43. The molecule has 1 saturated carbocycles. The molecule has 1 aliphatic rings. The second-order valence-corrected chi connectivity index (χ2v) is 6.93. The zero-order valence-electron chi connectivity index (χ0n) is 12.2. The van der Waals surface area contributed by atoms with E-state index in [2.05, 4.69) is 5.32 Å². The lowest BCUT2D eigenvalue weighted by Crippen LogP contribution is -2.42. The molecule has 2 rings (SSSR count). The van der Waals surface area contributed by atoms with E-state index in [0.717, 1.165) is 0 Å². The molecule has 1 aromatic carbocycles. The third kappa shape index (κ3) is 3.51. The number of rotatable bonds is 5. The number of benzene rings is 1. The molecule has 2 N–H and O–H groups in total. The van der Waals surface area contributed by atoms with Crippen LogP contribution in [-0.2, 0) is 4.79 Å². The van der Waals surface area contributed by atoms with Gasteiger partial charge in [0.15, 0.2) is 6.23 Å². The predicted octanol–water partition coefficient (Wildman–Crippen LogP) is 2.90. The number of Topliss-reactive ketones (excluding diaryl/α,β-unsaturated/α-hetero) is 1. The van der Waals surface area contributed by atoms with Gasteiger partial charge >= 0.3 is 0 Å². The quantitative estimate of drug-likeness (QED) is 0.639. The number of nitrogens with one attached hydrogen (secondary N) is 1. The van der Waals surface area contributed by atoms with Gasteiger partial charge < -0.3 is 10.4 Å². The fourth-order valence-electron chi connectivity index (χ4n) is 2.68. The predicted molar refractivity (Wildman–Crippen MR) is 85.5 cm³/mol. The van der Waals surface area contributed by atoms with Crippen LogP contribution in [0, 0.1) is 17.3 Å². The normalized spacial score (nSPS) is 23.3. The molecule has 0 spiro atoms. The molecule has 0 aliphatic heterocycles. The van der Waals surface area contributed by atoms with Gasteiger partial charge in [0.1, 0.15) is 4.49 Å². The summed E-state index contributed by atoms with van der Waals surface area (Å²) in [6.45, 7) is 3.81. The summed E-state index contributed by atoms with van der Waals surface area (Å²) < 4.78 is 0.106. The molecule has 0 heterocycles. The number of carbonyl (C=O) groups excluding carboxylic acids is 2. The number of hydrogen-bond donors (Lipinski definition) is 2. The van der Waals surface area contributed by atoms with Crippen molar-refractivity contribution in [3.63, 3.8) is 0 Å². The molecule has 1 aromatic rings. The molecule has 0 saturated heterocycles. The van der Waals surface area contributed by atoms with Gasteiger partial charge in [0, 0.05) is 5.56 Å². The molecule has 1 amide bonds. The van der Waals surface area contributed by atoms with Crippen molar-refractivity contribution in [2.75, 3.05) is 0 Å². The maximum atomic E-state index is 12.2. The highest BCUT2D eigenvalue weighted by atomic mass is 35.5. The van der Waals surface area contributed by atoms with Gasteiger partial charge in [-0.2, -0.15) is 0 Å². The van der Waals surface area contributed by atoms with Crippen LogP contribution in [0.15, 0.2) is 40.9 Å². The van der Waals surface area contributed by atoms with Gasteiger partial charge in [0.2, 0.25) is 11.7 Å². The summed E-state index contributed by atoms with van der Waals surface area (Å²) in [6.07, 6.45) is 0.0427. The van der Waals surface area contributed by atoms with Crippen LogP contribution in [0.2, 0.25) is 0 Å². The van der Waals surface area contributed by atoms with E-state index < -0.39 is 17.9 Å². The molecule has 3 atom stereocenters. The molecule has 6 heteroatoms. The maximum absolute atomic E-state index is 12.2. The van der Waals surface area contributed by atoms with E-state index in [9.17, 15) is 14.7 Å². The molecule has 118 valence electrons. The van der Waals surface area contributed by atoms with Crippen molar-refractivity contribution < 1.29 is 14.7 Å². The second-order valence-electron chi connectivity index (χ2n) is 5.92. The van der Waals surface area contributed by atoms with Gasteiger partial charge in [0.05, 0.1) is 5.92 Å². The fourth-order valence-corrected chi connectivity index (χ4v) is 2.95. The van der Waals surface area contributed by atoms with Crippen molar-refractivity contribution in [1.29, 1.82) is 0 Å². The molecule has 1 fully saturated rings. The average Bonchev–Trinajstić information content (AvgIpc) is 2.99. The van der Waals surface area contributed by atoms with Crippen molar-refractivity contribution in [3.05, 3.63) is 46.5 Å². The van der Waals surface area contributed by atoms with Crippen molar-refractivity contribution in [2.45, 2.75) is 20.1 Å². The van der Waals surface area contributed by atoms with Gasteiger partial charge in [-0.1, -0.05) is 67.4 Å². The first-order chi connectivity index (χ1) is 10.2. The van der Waals surface area contributed by atoms with Gasteiger partial charge in [-0.15, -0.1) is 0 Å². The Morgan fingerprint density at radius 1 is 1.27 bits per heavy atom. The topological polar surface area (TPSA) is 66.4 Å². The highest BCUT2D eigenvalue weighted by Crippen LogP contribution is 2.59. The highest BCUT2D eigenvalue weighted by Gasteiger charge is 2.60. The number of halogens is 2. The number of aliphatic hydroxyl groups is 1. The number of aliphatic hydroxyl groups excluding tert-OH is 1. The lowest BCUT2D eigenvalue weighted by atomic mass is 10.1. The number of amides is 1. The van der Waals surface area contributed by atoms with Crippen LogP contribution in [0.3, 0.4) is 0 Å². The standard InChI is InChI=1S/C16H17Cl2NO3/c1-16(2)10(8-11(17)18)12(16)14(21)19-15(22)13(20)9-6-4-3-5-7-9/h3-8,10,12,15,22H,1-2H3,(H,19,21)/t10-,12+,15-/m0/s1. The summed E-state index contributed by atoms with van der Waals surface area (Å²) in [6, 6.07) is 8.31. The molecular formula is C16H17Cl2NO3. The van der Waals surface area contributed by atoms with Crippen molar-refractivity contribution in [1.82, 2.24) is 5.32 Å². The van der Waals surface area contributed by atoms with Crippen LogP contribution in [-0.4, -0.2) is 23.0 Å². The van der Waals surface area contributed by atoms with Crippen LogP contribution in [0.1, 0.15) is 24.2 Å². The summed E-state index contributed by atoms with van der Waals surface area (Å²) in [7, 11) is 0. The Bertz CT molecular complexity index is 609. The Labute approximate surface area is 139 Å². The van der Waals surface area contributed by atoms with Crippen molar-refractivity contribution in [2.24, 2.45) is 17.3 Å². The van der Waals surface area contributed by atoms with E-state index in [1.165, 1.54) is 0 Å². The minimum Gasteiger partial charge on any atom is -0.367 e. The van der Waals surface area contributed by atoms with E-state index in [-0.39, 0.29) is 21.7 Å². The van der Waals surface area contributed by atoms with Gasteiger partial charge in [-0.25, -0.2) is 0 Å². The SMILES string of the molecule is CC1(C)[C@@H](C=C(Cl)Cl)[C@@H]1C(=O)N[C@@H](O)C(=O)c1ccccc1. The van der Waals surface area contributed by atoms with E-state index in [4.69, 9.17) is 23.2 Å². The number of hydrogen-bond acceptors (Lipinski definition) is 3. The molecule has 0 aromatic heterocycles. The maximum Gasteiger partial charge on any atom is 0.226 e. The Hall–Kier alpha value is -1.36. The Morgan fingerprint density at radius 3 is 2.41 bits per heavy atom. The number of ketones is 1. The van der Waals surface area contributed by atoms with Crippen LogP contribution < -0.4 is 5.32 Å². The molecule has 22 heavy (non-hydrogen) atoms. The first kappa shape index (κ1) is 17.0. The third-order valence-electron chi connectivity index (χ3n) is 4.08. The molecule has 0 radical (unpaired) electrons. The smallest absolute Gasteiger partial charge is 0.226 e. The zero-order valence-corrected chi connectivity index (χ0v) is 13.7. The average molecular weight is 342 g/mol. The number of carbonyl (C=O) groups is 2. The summed E-state index contributed by atoms with van der Waals surface area (Å²) in [5.41, 5.74) is 0.0276. The summed E-state index contributed by atoms with van der Waals surface area (Å²) >= 11 is 11.3. The largest absolute Gasteiger partial charge is 0.367 e. The van der Waals surface area contributed by atoms with Crippen LogP contribution in [0.4, 0.5) is 0 Å². The summed E-state index contributed by atoms with van der Waals surface area (Å²) in [4.78, 5) is 24.2.